The number of hydrogen-bond acceptors (Lipinski definition) is 13. The summed E-state index contributed by atoms with van der Waals surface area (Å²) in [5, 5.41) is 16.2. The van der Waals surface area contributed by atoms with Crippen LogP contribution in [0.1, 0.15) is 106 Å². The lowest BCUT2D eigenvalue weighted by Crippen LogP contribution is -3.00. The Morgan fingerprint density at radius 1 is 0.967 bits per heavy atom. The Balaban J connectivity index is 0.000000208. The third kappa shape index (κ3) is 9.06. The van der Waals surface area contributed by atoms with Gasteiger partial charge in [0.25, 0.3) is 0 Å². The van der Waals surface area contributed by atoms with Crippen molar-refractivity contribution in [2.75, 3.05) is 59.2 Å². The van der Waals surface area contributed by atoms with Crippen molar-refractivity contribution >= 4 is 16.3 Å². The van der Waals surface area contributed by atoms with Crippen LogP contribution in [0, 0.1) is 34.5 Å². The van der Waals surface area contributed by atoms with Gasteiger partial charge in [0, 0.05) is 50.7 Å². The number of hydrogen-bond donors (Lipinski definition) is 2. The first-order chi connectivity index (χ1) is 28.1. The summed E-state index contributed by atoms with van der Waals surface area (Å²) in [4.78, 5) is 15.0. The minimum absolute atomic E-state index is 0. The quantitative estimate of drug-likeness (QED) is 0.201. The highest BCUT2D eigenvalue weighted by atomic mass is 79.9. The van der Waals surface area contributed by atoms with Crippen LogP contribution in [0.25, 0.3) is 0 Å². The average Bonchev–Trinajstić information content (AvgIpc) is 3.92. The highest BCUT2D eigenvalue weighted by Crippen LogP contribution is 2.68. The molecule has 350 valence electrons. The minimum atomic E-state index is -4.14. The number of nitrogens with zero attached hydrogens (tertiary/aromatic N) is 2. The molecule has 5 aliphatic heterocycles. The van der Waals surface area contributed by atoms with Gasteiger partial charge in [0.2, 0.25) is 5.79 Å². The predicted molar refractivity (Wildman–Crippen MR) is 220 cm³/mol. The van der Waals surface area contributed by atoms with Gasteiger partial charge in [-0.15, -0.1) is 0 Å². The van der Waals surface area contributed by atoms with Crippen molar-refractivity contribution in [1.82, 2.24) is 4.90 Å². The molecule has 0 aromatic heterocycles. The fourth-order valence-corrected chi connectivity index (χ4v) is 14.7. The summed E-state index contributed by atoms with van der Waals surface area (Å²) in [5.74, 6) is -0.653. The summed E-state index contributed by atoms with van der Waals surface area (Å²) >= 11 is 0. The third-order valence-corrected chi connectivity index (χ3v) is 17.2. The van der Waals surface area contributed by atoms with Crippen LogP contribution in [-0.4, -0.2) is 148 Å². The van der Waals surface area contributed by atoms with Gasteiger partial charge in [-0.1, -0.05) is 20.4 Å². The van der Waals surface area contributed by atoms with E-state index in [4.69, 9.17) is 42.5 Å². The number of rotatable bonds is 8. The van der Waals surface area contributed by atoms with E-state index in [1.54, 1.807) is 34.6 Å². The van der Waals surface area contributed by atoms with Crippen LogP contribution >= 0.6 is 0 Å². The van der Waals surface area contributed by atoms with Crippen molar-refractivity contribution in [2.45, 2.75) is 166 Å². The zero-order valence-corrected chi connectivity index (χ0v) is 40.0. The highest BCUT2D eigenvalue weighted by Gasteiger charge is 2.68. The number of carbonyl (C=O) groups excluding carboxylic acids is 1. The molecule has 4 saturated carbocycles. The van der Waals surface area contributed by atoms with E-state index in [1.165, 1.54) is 51.6 Å². The second kappa shape index (κ2) is 17.4. The van der Waals surface area contributed by atoms with Crippen LogP contribution < -0.4 is 22.1 Å². The van der Waals surface area contributed by atoms with Gasteiger partial charge >= 0.3 is 16.3 Å². The zero-order chi connectivity index (χ0) is 43.1. The minimum Gasteiger partial charge on any atom is -1.00 e. The molecule has 61 heavy (non-hydrogen) atoms. The van der Waals surface area contributed by atoms with Gasteiger partial charge < -0.3 is 59.7 Å². The summed E-state index contributed by atoms with van der Waals surface area (Å²) in [5.41, 5.74) is 0.343. The summed E-state index contributed by atoms with van der Waals surface area (Å²) in [7, 11) is -4.14. The fraction of sp³-hybridized carbons (Fsp3) is 0.932. The van der Waals surface area contributed by atoms with Gasteiger partial charge in [-0.2, -0.15) is 8.42 Å². The topological polar surface area (TPSA) is 175 Å². The van der Waals surface area contributed by atoms with Crippen LogP contribution in [0.2, 0.25) is 0 Å². The van der Waals surface area contributed by atoms with Gasteiger partial charge in [0.15, 0.2) is 17.7 Å². The van der Waals surface area contributed by atoms with E-state index in [-0.39, 0.29) is 64.7 Å². The summed E-state index contributed by atoms with van der Waals surface area (Å²) in [6.07, 6.45) is 11.2. The first-order valence-electron chi connectivity index (χ1n) is 22.8. The molecular weight excluding hydrogens is 874 g/mol. The largest absolute Gasteiger partial charge is 1.00 e. The van der Waals surface area contributed by atoms with Crippen LogP contribution in [0.4, 0.5) is 0 Å². The van der Waals surface area contributed by atoms with Crippen molar-refractivity contribution in [3.05, 3.63) is 12.7 Å². The summed E-state index contributed by atoms with van der Waals surface area (Å²) in [6.45, 7) is 24.4. The van der Waals surface area contributed by atoms with Gasteiger partial charge in [-0.25, -0.2) is 5.14 Å². The highest BCUT2D eigenvalue weighted by molar-refractivity contribution is 7.84. The van der Waals surface area contributed by atoms with Crippen molar-refractivity contribution in [1.29, 1.82) is 0 Å². The molecule has 3 N–H and O–H groups in total. The molecule has 9 fully saturated rings. The lowest BCUT2D eigenvalue weighted by atomic mass is 9.44. The number of likely N-dealkylation sites (tertiary alicyclic amines) is 1. The van der Waals surface area contributed by atoms with Crippen molar-refractivity contribution in [3.8, 4) is 0 Å². The normalized spacial score (nSPS) is 45.7. The molecule has 15 nitrogen and oxygen atoms in total. The number of halogens is 1. The first-order valence-corrected chi connectivity index (χ1v) is 24.3. The van der Waals surface area contributed by atoms with E-state index < -0.39 is 46.5 Å². The molecule has 0 aromatic rings. The van der Waals surface area contributed by atoms with Crippen LogP contribution in [0.5, 0.6) is 0 Å². The van der Waals surface area contributed by atoms with Gasteiger partial charge in [0.05, 0.1) is 45.6 Å². The van der Waals surface area contributed by atoms with Crippen molar-refractivity contribution < 1.29 is 77.1 Å². The molecule has 5 heterocycles. The molecule has 0 radical (unpaired) electrons. The smallest absolute Gasteiger partial charge is 0.333 e. The average molecular weight is 949 g/mol. The number of aliphatic hydroxyl groups is 1. The molecule has 0 amide bonds. The van der Waals surface area contributed by atoms with E-state index in [0.717, 1.165) is 56.6 Å². The Hall–Kier alpha value is -0.800. The molecule has 9 aliphatic rings. The number of quaternary nitrogens is 1. The number of nitrogens with two attached hydrogens (primary N) is 1. The molecule has 9 rings (SSSR count). The van der Waals surface area contributed by atoms with Gasteiger partial charge in [-0.05, 0) is 101 Å². The first kappa shape index (κ1) is 48.1. The number of aliphatic hydroxyl groups excluding tert-OH is 1. The zero-order valence-electron chi connectivity index (χ0n) is 37.6. The number of carbonyl (C=O) groups is 1. The lowest BCUT2D eigenvalue weighted by molar-refractivity contribution is -0.937. The molecule has 17 heteroatoms. The van der Waals surface area contributed by atoms with Crippen molar-refractivity contribution in [3.63, 3.8) is 0 Å². The third-order valence-electron chi connectivity index (χ3n) is 16.8. The molecule has 0 spiro atoms. The second-order valence-corrected chi connectivity index (χ2v) is 22.4. The second-order valence-electron chi connectivity index (χ2n) is 21.2. The van der Waals surface area contributed by atoms with E-state index in [0.29, 0.717) is 29.7 Å². The Morgan fingerprint density at radius 3 is 2.33 bits per heavy atom. The molecule has 4 aliphatic carbocycles. The fourth-order valence-electron chi connectivity index (χ4n) is 14.4. The lowest BCUT2D eigenvalue weighted by Gasteiger charge is -2.62. The molecule has 0 bridgehead atoms. The van der Waals surface area contributed by atoms with Gasteiger partial charge in [0.1, 0.15) is 31.0 Å². The predicted octanol–water partition coefficient (Wildman–Crippen LogP) is 1.02. The van der Waals surface area contributed by atoms with E-state index in [1.807, 2.05) is 0 Å². The SMILES string of the molecule is C=CC[N+]1([C@H]2C[C@H]3[C@@H]4CC[C@H]5C[C@H](O)[C@@H](N6CCOCC6)C[C@]5(C)[C@H]4CC[C@]3(C)[C@H]2OC(C)=O)CCCC1.CC1(C)O[C@@H]2[C@@H](CO[C@@]3(COS(N)(=O)=O)OC(C)(C)O[C@@H]23)O1.[Br-]. The van der Waals surface area contributed by atoms with Gasteiger partial charge in [-0.3, -0.25) is 13.9 Å². The van der Waals surface area contributed by atoms with E-state index in [9.17, 15) is 18.3 Å². The monoisotopic (exact) mass is 947 g/mol. The number of esters is 1. The molecular formula is C44H74BrN3O12S. The Kier molecular flexibility index (Phi) is 13.8. The maximum absolute atomic E-state index is 12.5. The maximum atomic E-state index is 12.5. The molecule has 0 unspecified atom stereocenters. The number of fused-ring (bicyclic) bond motifs is 8. The van der Waals surface area contributed by atoms with Crippen molar-refractivity contribution in [2.24, 2.45) is 39.6 Å². The Labute approximate surface area is 374 Å². The molecule has 14 atom stereocenters. The summed E-state index contributed by atoms with van der Waals surface area (Å²) in [6, 6.07) is 0.663. The maximum Gasteiger partial charge on any atom is 0.333 e. The standard InChI is InChI=1S/C32H53N2O4.C12H21NO8S.BrH/c1-5-14-34(15-6-7-16-34)28-20-26-24-9-8-23-19-29(36)27(33-12-17-37-18-13-33)21-32(23,4)25(24)10-11-31(26,3)30(28)38-22(2)35;1-10(2)18-7-5-16-12(6-17-22(13,14)15)9(8(7)19-10)20-11(3,4)21-12;/h5,23-30,36H,1,6-21H2,2-4H3;7-9H,5-6H2,1-4H3,(H2,13,14,15);1H/q+1;;/p-1/t23-,24+,25-,26-,27-,28-,29-,30-,31-,32-;7-,8-,9+,12+;/m01./s1. The van der Waals surface area contributed by atoms with Crippen LogP contribution in [0.3, 0.4) is 0 Å². The Bertz CT molecular complexity index is 1710. The van der Waals surface area contributed by atoms with Crippen LogP contribution in [0.15, 0.2) is 12.7 Å². The molecule has 0 aromatic carbocycles. The van der Waals surface area contributed by atoms with E-state index >= 15 is 0 Å². The Morgan fingerprint density at radius 2 is 1.67 bits per heavy atom. The summed E-state index contributed by atoms with van der Waals surface area (Å²) < 4.78 is 69.0. The number of ether oxygens (including phenoxy) is 7. The number of morpholine rings is 1. The van der Waals surface area contributed by atoms with E-state index in [2.05, 4.69) is 31.4 Å². The van der Waals surface area contributed by atoms with Crippen LogP contribution in [-0.2, 0) is 52.4 Å². The molecule has 5 saturated heterocycles.